The lowest BCUT2D eigenvalue weighted by Crippen LogP contribution is -2.39. The van der Waals surface area contributed by atoms with E-state index in [0.717, 1.165) is 10.3 Å². The van der Waals surface area contributed by atoms with E-state index in [0.29, 0.717) is 6.54 Å². The van der Waals surface area contributed by atoms with Crippen LogP contribution in [0.1, 0.15) is 13.8 Å². The van der Waals surface area contributed by atoms with Gasteiger partial charge in [-0.15, -0.1) is 0 Å². The first kappa shape index (κ1) is 10.5. The Hall–Kier alpha value is -0.610. The fraction of sp³-hybridized carbons (Fsp3) is 0.444. The van der Waals surface area contributed by atoms with Crippen molar-refractivity contribution in [2.75, 3.05) is 11.9 Å². The average Bonchev–Trinajstić information content (AvgIpc) is 2.02. The molecule has 0 aliphatic heterocycles. The Labute approximate surface area is 86.9 Å². The summed E-state index contributed by atoms with van der Waals surface area (Å²) >= 11 is 3.32. The minimum Gasteiger partial charge on any atom is -0.368 e. The van der Waals surface area contributed by atoms with Crippen LogP contribution in [0.25, 0.3) is 0 Å². The van der Waals surface area contributed by atoms with Crippen LogP contribution in [0.15, 0.2) is 22.8 Å². The second-order valence-corrected chi connectivity index (χ2v) is 4.62. The van der Waals surface area contributed by atoms with Crippen LogP contribution < -0.4 is 11.1 Å². The molecular weight excluding hydrogens is 230 g/mol. The molecule has 1 aromatic rings. The van der Waals surface area contributed by atoms with E-state index in [2.05, 4.69) is 26.2 Å². The van der Waals surface area contributed by atoms with Gasteiger partial charge in [-0.2, -0.15) is 0 Å². The SMILES string of the molecule is CC(C)(N)CNc1ccc(Br)cn1. The van der Waals surface area contributed by atoms with Crippen LogP contribution in [0.5, 0.6) is 0 Å². The first-order valence-electron chi connectivity index (χ1n) is 4.12. The van der Waals surface area contributed by atoms with Crippen LogP contribution in [-0.4, -0.2) is 17.1 Å². The van der Waals surface area contributed by atoms with Gasteiger partial charge < -0.3 is 11.1 Å². The molecule has 3 N–H and O–H groups in total. The van der Waals surface area contributed by atoms with Gasteiger partial charge in [0, 0.05) is 22.8 Å². The van der Waals surface area contributed by atoms with Crippen LogP contribution in [0.2, 0.25) is 0 Å². The second kappa shape index (κ2) is 4.07. The Bertz CT molecular complexity index is 263. The summed E-state index contributed by atoms with van der Waals surface area (Å²) in [5.41, 5.74) is 5.60. The van der Waals surface area contributed by atoms with E-state index in [1.807, 2.05) is 26.0 Å². The molecule has 13 heavy (non-hydrogen) atoms. The Morgan fingerprint density at radius 2 is 2.23 bits per heavy atom. The lowest BCUT2D eigenvalue weighted by Gasteiger charge is -2.19. The molecule has 0 aliphatic carbocycles. The zero-order valence-corrected chi connectivity index (χ0v) is 9.43. The summed E-state index contributed by atoms with van der Waals surface area (Å²) < 4.78 is 0.977. The van der Waals surface area contributed by atoms with Gasteiger partial charge >= 0.3 is 0 Å². The van der Waals surface area contributed by atoms with Crippen molar-refractivity contribution in [2.24, 2.45) is 5.73 Å². The summed E-state index contributed by atoms with van der Waals surface area (Å²) in [7, 11) is 0. The molecule has 3 nitrogen and oxygen atoms in total. The van der Waals surface area contributed by atoms with Gasteiger partial charge in [-0.1, -0.05) is 0 Å². The number of halogens is 1. The van der Waals surface area contributed by atoms with Crippen LogP contribution >= 0.6 is 15.9 Å². The highest BCUT2D eigenvalue weighted by Gasteiger charge is 2.09. The molecule has 0 spiro atoms. The molecule has 0 aliphatic rings. The molecule has 0 bridgehead atoms. The van der Waals surface area contributed by atoms with E-state index in [1.165, 1.54) is 0 Å². The third-order valence-corrected chi connectivity index (χ3v) is 1.92. The van der Waals surface area contributed by atoms with Gasteiger partial charge in [-0.25, -0.2) is 4.98 Å². The highest BCUT2D eigenvalue weighted by Crippen LogP contribution is 2.10. The van der Waals surface area contributed by atoms with Crippen molar-refractivity contribution in [1.29, 1.82) is 0 Å². The maximum Gasteiger partial charge on any atom is 0.126 e. The van der Waals surface area contributed by atoms with Crippen LogP contribution in [0, 0.1) is 0 Å². The second-order valence-electron chi connectivity index (χ2n) is 3.70. The van der Waals surface area contributed by atoms with Gasteiger partial charge in [-0.05, 0) is 41.9 Å². The molecule has 1 aromatic heterocycles. The Kier molecular flexibility index (Phi) is 3.27. The molecular formula is C9H14BrN3. The summed E-state index contributed by atoms with van der Waals surface area (Å²) in [6.07, 6.45) is 1.76. The van der Waals surface area contributed by atoms with Crippen molar-refractivity contribution in [2.45, 2.75) is 19.4 Å². The topological polar surface area (TPSA) is 50.9 Å². The average molecular weight is 244 g/mol. The van der Waals surface area contributed by atoms with Crippen molar-refractivity contribution >= 4 is 21.7 Å². The molecule has 1 heterocycles. The maximum absolute atomic E-state index is 5.81. The fourth-order valence-electron chi connectivity index (χ4n) is 0.799. The van der Waals surface area contributed by atoms with E-state index < -0.39 is 0 Å². The van der Waals surface area contributed by atoms with Crippen LogP contribution in [0.3, 0.4) is 0 Å². The lowest BCUT2D eigenvalue weighted by molar-refractivity contribution is 0.548. The number of pyridine rings is 1. The summed E-state index contributed by atoms with van der Waals surface area (Å²) in [5.74, 6) is 0.849. The number of hydrogen-bond donors (Lipinski definition) is 2. The number of nitrogens with one attached hydrogen (secondary N) is 1. The third-order valence-electron chi connectivity index (χ3n) is 1.45. The maximum atomic E-state index is 5.81. The number of anilines is 1. The summed E-state index contributed by atoms with van der Waals surface area (Å²) in [5, 5.41) is 3.15. The predicted octanol–water partition coefficient (Wildman–Crippen LogP) is 1.99. The van der Waals surface area contributed by atoms with Crippen molar-refractivity contribution in [3.8, 4) is 0 Å². The molecule has 0 fully saturated rings. The Morgan fingerprint density at radius 3 is 2.69 bits per heavy atom. The van der Waals surface area contributed by atoms with Gasteiger partial charge in [0.1, 0.15) is 5.82 Å². The van der Waals surface area contributed by atoms with Gasteiger partial charge in [0.25, 0.3) is 0 Å². The largest absolute Gasteiger partial charge is 0.368 e. The Morgan fingerprint density at radius 1 is 1.54 bits per heavy atom. The van der Waals surface area contributed by atoms with Crippen LogP contribution in [-0.2, 0) is 0 Å². The molecule has 0 aromatic carbocycles. The smallest absolute Gasteiger partial charge is 0.126 e. The zero-order chi connectivity index (χ0) is 9.90. The zero-order valence-electron chi connectivity index (χ0n) is 7.84. The van der Waals surface area contributed by atoms with E-state index in [9.17, 15) is 0 Å². The summed E-state index contributed by atoms with van der Waals surface area (Å²) in [6.45, 7) is 4.65. The van der Waals surface area contributed by atoms with Gasteiger partial charge in [0.05, 0.1) is 0 Å². The van der Waals surface area contributed by atoms with E-state index in [1.54, 1.807) is 6.20 Å². The number of aromatic nitrogens is 1. The van der Waals surface area contributed by atoms with E-state index in [-0.39, 0.29) is 5.54 Å². The highest BCUT2D eigenvalue weighted by molar-refractivity contribution is 9.10. The van der Waals surface area contributed by atoms with Crippen molar-refractivity contribution in [3.63, 3.8) is 0 Å². The van der Waals surface area contributed by atoms with Crippen molar-refractivity contribution in [3.05, 3.63) is 22.8 Å². The molecule has 0 atom stereocenters. The van der Waals surface area contributed by atoms with Crippen molar-refractivity contribution in [1.82, 2.24) is 4.98 Å². The van der Waals surface area contributed by atoms with Gasteiger partial charge in [-0.3, -0.25) is 0 Å². The third kappa shape index (κ3) is 4.24. The van der Waals surface area contributed by atoms with E-state index in [4.69, 9.17) is 5.73 Å². The molecule has 0 saturated heterocycles. The number of hydrogen-bond acceptors (Lipinski definition) is 3. The standard InChI is InChI=1S/C9H14BrN3/c1-9(2,11)6-13-8-4-3-7(10)5-12-8/h3-5H,6,11H2,1-2H3,(H,12,13). The molecule has 1 rings (SSSR count). The molecule has 0 unspecified atom stereocenters. The molecule has 4 heteroatoms. The van der Waals surface area contributed by atoms with Crippen LogP contribution in [0.4, 0.5) is 5.82 Å². The first-order chi connectivity index (χ1) is 5.97. The van der Waals surface area contributed by atoms with E-state index >= 15 is 0 Å². The number of rotatable bonds is 3. The monoisotopic (exact) mass is 243 g/mol. The molecule has 0 radical (unpaired) electrons. The quantitative estimate of drug-likeness (QED) is 0.854. The highest BCUT2D eigenvalue weighted by atomic mass is 79.9. The normalized spacial score (nSPS) is 11.4. The fourth-order valence-corrected chi connectivity index (χ4v) is 1.03. The number of nitrogens with zero attached hydrogens (tertiary/aromatic N) is 1. The van der Waals surface area contributed by atoms with Crippen molar-refractivity contribution < 1.29 is 0 Å². The minimum atomic E-state index is -0.214. The Balaban J connectivity index is 2.51. The summed E-state index contributed by atoms with van der Waals surface area (Å²) in [6, 6.07) is 3.86. The predicted molar refractivity (Wildman–Crippen MR) is 58.7 cm³/mol. The van der Waals surface area contributed by atoms with Gasteiger partial charge in [0.15, 0.2) is 0 Å². The first-order valence-corrected chi connectivity index (χ1v) is 4.91. The number of nitrogens with two attached hydrogens (primary N) is 1. The molecule has 72 valence electrons. The molecule has 0 saturated carbocycles. The lowest BCUT2D eigenvalue weighted by atomic mass is 10.1. The minimum absolute atomic E-state index is 0.214. The van der Waals surface area contributed by atoms with Gasteiger partial charge in [0.2, 0.25) is 0 Å². The summed E-state index contributed by atoms with van der Waals surface area (Å²) in [4.78, 5) is 4.17. The molecule has 0 amide bonds.